The number of nitrogens with zero attached hydrogens (tertiary/aromatic N) is 3. The quantitative estimate of drug-likeness (QED) is 0.359. The highest BCUT2D eigenvalue weighted by Crippen LogP contribution is 2.23. The summed E-state index contributed by atoms with van der Waals surface area (Å²) in [6, 6.07) is 6.82. The number of aryl methyl sites for hydroxylation is 1. The molecule has 1 aromatic carbocycles. The van der Waals surface area contributed by atoms with Crippen LogP contribution in [0.5, 0.6) is 0 Å². The molecule has 0 bridgehead atoms. The Labute approximate surface area is 143 Å². The highest BCUT2D eigenvalue weighted by Gasteiger charge is 2.34. The van der Waals surface area contributed by atoms with Crippen molar-refractivity contribution in [3.8, 4) is 0 Å². The predicted molar refractivity (Wildman–Crippen MR) is 89.3 cm³/mol. The van der Waals surface area contributed by atoms with E-state index >= 15 is 0 Å². The van der Waals surface area contributed by atoms with Gasteiger partial charge < -0.3 is 0 Å². The zero-order valence-corrected chi connectivity index (χ0v) is 14.1. The fourth-order valence-electron chi connectivity index (χ4n) is 2.53. The van der Waals surface area contributed by atoms with Gasteiger partial charge in [-0.1, -0.05) is 23.9 Å². The second kappa shape index (κ2) is 6.52. The minimum atomic E-state index is -0.264. The highest BCUT2D eigenvalue weighted by atomic mass is 32.2. The third-order valence-corrected chi connectivity index (χ3v) is 4.60. The number of hydrogen-bond acceptors (Lipinski definition) is 6. The van der Waals surface area contributed by atoms with E-state index in [1.54, 1.807) is 31.2 Å². The Morgan fingerprint density at radius 3 is 2.33 bits per heavy atom. The molecule has 3 rings (SSSR count). The number of ketones is 1. The van der Waals surface area contributed by atoms with Crippen LogP contribution in [0.1, 0.15) is 43.7 Å². The van der Waals surface area contributed by atoms with Gasteiger partial charge in [-0.05, 0) is 26.0 Å². The molecule has 2 heterocycles. The lowest BCUT2D eigenvalue weighted by Crippen LogP contribution is -2.31. The molecule has 2 amide bonds. The Bertz CT molecular complexity index is 816. The third kappa shape index (κ3) is 2.94. The van der Waals surface area contributed by atoms with Gasteiger partial charge in [-0.3, -0.25) is 19.3 Å². The lowest BCUT2D eigenvalue weighted by atomic mass is 10.1. The standard InChI is InChI=1S/C17H15N3O3S/c1-10-14(11(2)21)9-18-17(19-10)24-8-7-20-15(22)12-5-3-4-6-13(12)16(20)23/h3-6,9H,7-8H2,1-2H3. The number of imide groups is 1. The van der Waals surface area contributed by atoms with Crippen LogP contribution in [0.3, 0.4) is 0 Å². The molecule has 0 saturated heterocycles. The van der Waals surface area contributed by atoms with Crippen LogP contribution in [0.25, 0.3) is 0 Å². The lowest BCUT2D eigenvalue weighted by Gasteiger charge is -2.13. The molecule has 7 heteroatoms. The Morgan fingerprint density at radius 1 is 1.17 bits per heavy atom. The fourth-order valence-corrected chi connectivity index (χ4v) is 3.32. The molecular weight excluding hydrogens is 326 g/mol. The van der Waals surface area contributed by atoms with Crippen LogP contribution in [0.2, 0.25) is 0 Å². The molecule has 0 fully saturated rings. The van der Waals surface area contributed by atoms with E-state index in [9.17, 15) is 14.4 Å². The molecule has 2 aromatic rings. The van der Waals surface area contributed by atoms with Crippen molar-refractivity contribution in [3.05, 3.63) is 52.8 Å². The lowest BCUT2D eigenvalue weighted by molar-refractivity contribution is 0.0664. The van der Waals surface area contributed by atoms with Gasteiger partial charge in [-0.2, -0.15) is 0 Å². The zero-order chi connectivity index (χ0) is 17.3. The van der Waals surface area contributed by atoms with Gasteiger partial charge >= 0.3 is 0 Å². The van der Waals surface area contributed by atoms with Crippen LogP contribution >= 0.6 is 11.8 Å². The third-order valence-electron chi connectivity index (χ3n) is 3.76. The van der Waals surface area contributed by atoms with E-state index in [1.807, 2.05) is 0 Å². The number of Topliss-reactive ketones (excluding diaryl/α,β-unsaturated/α-hetero) is 1. The van der Waals surface area contributed by atoms with E-state index in [0.29, 0.717) is 33.3 Å². The number of fused-ring (bicyclic) bond motifs is 1. The van der Waals surface area contributed by atoms with Crippen molar-refractivity contribution in [1.82, 2.24) is 14.9 Å². The minimum absolute atomic E-state index is 0.0740. The average molecular weight is 341 g/mol. The normalized spacial score (nSPS) is 13.3. The van der Waals surface area contributed by atoms with Gasteiger partial charge in [0, 0.05) is 18.5 Å². The molecule has 0 spiro atoms. The number of hydrogen-bond donors (Lipinski definition) is 0. The van der Waals surface area contributed by atoms with Crippen molar-refractivity contribution in [1.29, 1.82) is 0 Å². The van der Waals surface area contributed by atoms with Crippen molar-refractivity contribution in [3.63, 3.8) is 0 Å². The Hall–Kier alpha value is -2.54. The topological polar surface area (TPSA) is 80.2 Å². The summed E-state index contributed by atoms with van der Waals surface area (Å²) in [4.78, 5) is 45.5. The number of carbonyl (C=O) groups is 3. The summed E-state index contributed by atoms with van der Waals surface area (Å²) in [5.41, 5.74) is 2.02. The van der Waals surface area contributed by atoms with E-state index < -0.39 is 0 Å². The summed E-state index contributed by atoms with van der Waals surface area (Å²) < 4.78 is 0. The first-order valence-electron chi connectivity index (χ1n) is 7.41. The average Bonchev–Trinajstić information content (AvgIpc) is 2.80. The van der Waals surface area contributed by atoms with Gasteiger partial charge in [0.05, 0.1) is 22.4 Å². The van der Waals surface area contributed by atoms with Gasteiger partial charge in [0.25, 0.3) is 11.8 Å². The number of rotatable bonds is 5. The molecule has 122 valence electrons. The molecule has 0 N–H and O–H groups in total. The molecule has 0 radical (unpaired) electrons. The Balaban J connectivity index is 1.64. The smallest absolute Gasteiger partial charge is 0.261 e. The summed E-state index contributed by atoms with van der Waals surface area (Å²) >= 11 is 1.35. The summed E-state index contributed by atoms with van der Waals surface area (Å²) in [6.45, 7) is 3.52. The monoisotopic (exact) mass is 341 g/mol. The number of carbonyl (C=O) groups excluding carboxylic acids is 3. The summed E-state index contributed by atoms with van der Waals surface area (Å²) in [5, 5.41) is 0.522. The van der Waals surface area contributed by atoms with Gasteiger partial charge in [0.15, 0.2) is 10.9 Å². The van der Waals surface area contributed by atoms with Crippen LogP contribution in [0.4, 0.5) is 0 Å². The molecule has 0 atom stereocenters. The number of benzene rings is 1. The molecule has 1 aliphatic heterocycles. The van der Waals surface area contributed by atoms with E-state index in [0.717, 1.165) is 0 Å². The van der Waals surface area contributed by atoms with Crippen LogP contribution < -0.4 is 0 Å². The first kappa shape index (κ1) is 16.3. The first-order valence-corrected chi connectivity index (χ1v) is 8.40. The van der Waals surface area contributed by atoms with E-state index in [4.69, 9.17) is 0 Å². The molecule has 1 aliphatic rings. The van der Waals surface area contributed by atoms with Crippen molar-refractivity contribution in [2.45, 2.75) is 19.0 Å². The SMILES string of the molecule is CC(=O)c1cnc(SCCN2C(=O)c3ccccc3C2=O)nc1C. The fraction of sp³-hybridized carbons (Fsp3) is 0.235. The summed E-state index contributed by atoms with van der Waals surface area (Å²) in [5.74, 6) is -0.111. The largest absolute Gasteiger partial charge is 0.294 e. The molecular formula is C17H15N3O3S. The highest BCUT2D eigenvalue weighted by molar-refractivity contribution is 7.99. The number of thioether (sulfide) groups is 1. The maximum atomic E-state index is 12.3. The maximum absolute atomic E-state index is 12.3. The summed E-state index contributed by atoms with van der Waals surface area (Å²) in [7, 11) is 0. The Kier molecular flexibility index (Phi) is 4.44. The minimum Gasteiger partial charge on any atom is -0.294 e. The van der Waals surface area contributed by atoms with Crippen LogP contribution in [0.15, 0.2) is 35.6 Å². The molecule has 0 unspecified atom stereocenters. The van der Waals surface area contributed by atoms with Crippen LogP contribution in [-0.4, -0.2) is 44.8 Å². The van der Waals surface area contributed by atoms with E-state index in [2.05, 4.69) is 9.97 Å². The molecule has 6 nitrogen and oxygen atoms in total. The van der Waals surface area contributed by atoms with E-state index in [1.165, 1.54) is 29.8 Å². The second-order valence-corrected chi connectivity index (χ2v) is 6.43. The predicted octanol–water partition coefficient (Wildman–Crippen LogP) is 2.38. The van der Waals surface area contributed by atoms with Crippen molar-refractivity contribution in [2.24, 2.45) is 0 Å². The van der Waals surface area contributed by atoms with Crippen LogP contribution in [-0.2, 0) is 0 Å². The van der Waals surface area contributed by atoms with Crippen LogP contribution in [0, 0.1) is 6.92 Å². The molecule has 1 aromatic heterocycles. The van der Waals surface area contributed by atoms with Gasteiger partial charge in [-0.25, -0.2) is 9.97 Å². The molecule has 0 saturated carbocycles. The van der Waals surface area contributed by atoms with Gasteiger partial charge in [-0.15, -0.1) is 0 Å². The molecule has 0 aliphatic carbocycles. The van der Waals surface area contributed by atoms with Crippen molar-refractivity contribution in [2.75, 3.05) is 12.3 Å². The first-order chi connectivity index (χ1) is 11.5. The maximum Gasteiger partial charge on any atom is 0.261 e. The second-order valence-electron chi connectivity index (χ2n) is 5.36. The van der Waals surface area contributed by atoms with Crippen molar-refractivity contribution < 1.29 is 14.4 Å². The van der Waals surface area contributed by atoms with Gasteiger partial charge in [0.2, 0.25) is 0 Å². The Morgan fingerprint density at radius 2 is 1.79 bits per heavy atom. The van der Waals surface area contributed by atoms with Gasteiger partial charge in [0.1, 0.15) is 0 Å². The van der Waals surface area contributed by atoms with Crippen molar-refractivity contribution >= 4 is 29.4 Å². The van der Waals surface area contributed by atoms with E-state index in [-0.39, 0.29) is 24.1 Å². The zero-order valence-electron chi connectivity index (χ0n) is 13.3. The number of amides is 2. The number of aromatic nitrogens is 2. The molecule has 24 heavy (non-hydrogen) atoms. The summed E-state index contributed by atoms with van der Waals surface area (Å²) in [6.07, 6.45) is 1.51.